The number of carbonyl (C=O) groups is 1. The summed E-state index contributed by atoms with van der Waals surface area (Å²) in [4.78, 5) is 9.94. The van der Waals surface area contributed by atoms with Crippen LogP contribution in [0, 0.1) is 0 Å². The number of hydrogen-bond acceptors (Lipinski definition) is 1. The highest BCUT2D eigenvalue weighted by molar-refractivity contribution is 5.85. The van der Waals surface area contributed by atoms with Gasteiger partial charge in [-0.05, 0) is 0 Å². The van der Waals surface area contributed by atoms with Crippen LogP contribution in [-0.2, 0) is 4.79 Å². The fourth-order valence-electron chi connectivity index (χ4n) is 0.207. The molecule has 4 nitrogen and oxygen atoms in total. The first-order valence-corrected chi connectivity index (χ1v) is 2.15. The van der Waals surface area contributed by atoms with E-state index in [0.29, 0.717) is 5.01 Å². The molecule has 4 heteroatoms. The Morgan fingerprint density at radius 1 is 1.88 bits per heavy atom. The van der Waals surface area contributed by atoms with Gasteiger partial charge in [-0.15, -0.1) is 0 Å². The van der Waals surface area contributed by atoms with E-state index in [9.17, 15) is 4.79 Å². The number of rotatable bonds is 2. The highest BCUT2D eigenvalue weighted by Crippen LogP contribution is 1.56. The number of nitrogens with two attached hydrogens (primary N) is 1. The number of nitrogens with one attached hydrogen (secondary N) is 2. The molecule has 0 saturated carbocycles. The summed E-state index contributed by atoms with van der Waals surface area (Å²) in [5.74, 6) is 6.28. The quantitative estimate of drug-likeness (QED) is 0.332. The second kappa shape index (κ2) is 3.17. The lowest BCUT2D eigenvalue weighted by atomic mass is 10.6. The molecule has 0 bridgehead atoms. The van der Waals surface area contributed by atoms with Crippen LogP contribution in [0.2, 0.25) is 0 Å². The third-order valence-corrected chi connectivity index (χ3v) is 0.498. The minimum absolute atomic E-state index is 0.323. The van der Waals surface area contributed by atoms with Crippen molar-refractivity contribution in [3.05, 3.63) is 18.1 Å². The Morgan fingerprint density at radius 3 is 2.50 bits per heavy atom. The molecule has 1 atom stereocenters. The summed E-state index contributed by atoms with van der Waals surface area (Å²) in [6.07, 6.45) is 2.50. The van der Waals surface area contributed by atoms with Crippen molar-refractivity contribution in [2.45, 2.75) is 0 Å². The maximum absolute atomic E-state index is 9.94. The van der Waals surface area contributed by atoms with Crippen LogP contribution in [0.15, 0.2) is 12.3 Å². The smallest absolute Gasteiger partial charge is 0.246 e. The molecule has 46 valence electrons. The normalized spacial score (nSPS) is 14.2. The van der Waals surface area contributed by atoms with Crippen molar-refractivity contribution < 1.29 is 9.80 Å². The Labute approximate surface area is 47.7 Å². The zero-order chi connectivity index (χ0) is 6.57. The number of primary amides is 1. The number of carbonyl (C=O) groups excluding carboxylic acids is 1. The van der Waals surface area contributed by atoms with E-state index in [4.69, 9.17) is 11.6 Å². The minimum Gasteiger partial charge on any atom is -0.465 e. The van der Waals surface area contributed by atoms with Gasteiger partial charge in [0.25, 0.3) is 0 Å². The molecule has 0 aliphatic carbocycles. The van der Waals surface area contributed by atoms with Crippen molar-refractivity contribution in [2.75, 3.05) is 7.05 Å². The van der Waals surface area contributed by atoms with Crippen LogP contribution in [0.25, 0.3) is 5.84 Å². The average Bonchev–Trinajstić information content (AvgIpc) is 1.61. The van der Waals surface area contributed by atoms with Crippen LogP contribution in [0.4, 0.5) is 0 Å². The van der Waals surface area contributed by atoms with Gasteiger partial charge in [0.15, 0.2) is 0 Å². The fraction of sp³-hybridized carbons (Fsp3) is 0.250. The third-order valence-electron chi connectivity index (χ3n) is 0.498. The lowest BCUT2D eigenvalue weighted by Crippen LogP contribution is -2.96. The Bertz CT molecular complexity index is 108. The highest BCUT2D eigenvalue weighted by atomic mass is 16.1. The van der Waals surface area contributed by atoms with Crippen LogP contribution in [0.5, 0.6) is 0 Å². The molecule has 0 rings (SSSR count). The van der Waals surface area contributed by atoms with Gasteiger partial charge in [-0.2, -0.15) is 0 Å². The van der Waals surface area contributed by atoms with Gasteiger partial charge in [0.05, 0.1) is 19.3 Å². The zero-order valence-electron chi connectivity index (χ0n) is 4.64. The number of amides is 1. The summed E-state index contributed by atoms with van der Waals surface area (Å²) < 4.78 is 0. The van der Waals surface area contributed by atoms with Crippen molar-refractivity contribution >= 4 is 5.91 Å². The molecule has 0 spiro atoms. The fourth-order valence-corrected chi connectivity index (χ4v) is 0.207. The summed E-state index contributed by atoms with van der Waals surface area (Å²) in [5.41, 5.74) is 4.72. The van der Waals surface area contributed by atoms with Crippen LogP contribution < -0.4 is 10.7 Å². The van der Waals surface area contributed by atoms with Gasteiger partial charge in [0.1, 0.15) is 0 Å². The predicted octanol–water partition coefficient (Wildman–Crippen LogP) is -1.53. The molecule has 0 aliphatic rings. The SMILES string of the molecule is C[NH+]([NH-])/C=C/C(N)=O. The third kappa shape index (κ3) is 5.13. The molecule has 1 unspecified atom stereocenters. The number of hydrogen-bond donors (Lipinski definition) is 2. The average molecular weight is 115 g/mol. The minimum atomic E-state index is -0.517. The van der Waals surface area contributed by atoms with Gasteiger partial charge in [-0.3, -0.25) is 4.79 Å². The van der Waals surface area contributed by atoms with E-state index in [1.54, 1.807) is 7.05 Å². The van der Waals surface area contributed by atoms with Gasteiger partial charge in [-0.25, -0.2) is 0 Å². The molecule has 1 amide bonds. The lowest BCUT2D eigenvalue weighted by molar-refractivity contribution is -0.767. The van der Waals surface area contributed by atoms with Crippen molar-refractivity contribution in [1.29, 1.82) is 0 Å². The molecule has 4 N–H and O–H groups in total. The van der Waals surface area contributed by atoms with Crippen LogP contribution in [0.1, 0.15) is 0 Å². The van der Waals surface area contributed by atoms with Gasteiger partial charge in [0.2, 0.25) is 5.91 Å². The summed E-state index contributed by atoms with van der Waals surface area (Å²) in [7, 11) is 1.57. The second-order valence-electron chi connectivity index (χ2n) is 1.42. The second-order valence-corrected chi connectivity index (χ2v) is 1.42. The molecule has 8 heavy (non-hydrogen) atoms. The topological polar surface area (TPSA) is 71.3 Å². The Kier molecular flexibility index (Phi) is 2.83. The Morgan fingerprint density at radius 2 is 2.38 bits per heavy atom. The first-order valence-electron chi connectivity index (χ1n) is 2.15. The van der Waals surface area contributed by atoms with E-state index in [-0.39, 0.29) is 0 Å². The molecule has 0 radical (unpaired) electrons. The lowest BCUT2D eigenvalue weighted by Gasteiger charge is -2.05. The molecule has 0 saturated heterocycles. The van der Waals surface area contributed by atoms with Gasteiger partial charge >= 0.3 is 0 Å². The van der Waals surface area contributed by atoms with Crippen molar-refractivity contribution in [3.63, 3.8) is 0 Å². The summed E-state index contributed by atoms with van der Waals surface area (Å²) in [5, 5.41) is 0.323. The van der Waals surface area contributed by atoms with Gasteiger partial charge in [0, 0.05) is 0 Å². The Balaban J connectivity index is 3.50. The maximum Gasteiger partial charge on any atom is 0.246 e. The molecule has 0 heterocycles. The summed E-state index contributed by atoms with van der Waals surface area (Å²) in [6.45, 7) is 0. The largest absolute Gasteiger partial charge is 0.465 e. The molecular weight excluding hydrogens is 106 g/mol. The molecule has 0 aromatic heterocycles. The van der Waals surface area contributed by atoms with E-state index < -0.39 is 5.91 Å². The number of quaternary nitrogens is 1. The van der Waals surface area contributed by atoms with Crippen molar-refractivity contribution in [2.24, 2.45) is 5.73 Å². The van der Waals surface area contributed by atoms with Crippen LogP contribution in [0.3, 0.4) is 0 Å². The molecule has 0 aliphatic heterocycles. The monoisotopic (exact) mass is 115 g/mol. The first-order chi connectivity index (χ1) is 3.63. The van der Waals surface area contributed by atoms with Crippen LogP contribution in [-0.4, -0.2) is 13.0 Å². The van der Waals surface area contributed by atoms with E-state index in [0.717, 1.165) is 6.08 Å². The van der Waals surface area contributed by atoms with E-state index >= 15 is 0 Å². The van der Waals surface area contributed by atoms with E-state index in [1.165, 1.54) is 6.20 Å². The maximum atomic E-state index is 9.94. The van der Waals surface area contributed by atoms with Crippen molar-refractivity contribution in [1.82, 2.24) is 0 Å². The van der Waals surface area contributed by atoms with Gasteiger partial charge < -0.3 is 16.6 Å². The summed E-state index contributed by atoms with van der Waals surface area (Å²) >= 11 is 0. The zero-order valence-corrected chi connectivity index (χ0v) is 4.64. The highest BCUT2D eigenvalue weighted by Gasteiger charge is 1.81. The first kappa shape index (κ1) is 7.13. The molecule has 0 aromatic carbocycles. The van der Waals surface area contributed by atoms with E-state index in [1.807, 2.05) is 0 Å². The standard InChI is InChI=1S/C4H9N3O/c1-7(6)3-2-4(5)8/h2-3,6-7H,1H3,(H2,5,8)/b3-2+. The van der Waals surface area contributed by atoms with Crippen LogP contribution >= 0.6 is 0 Å². The summed E-state index contributed by atoms with van der Waals surface area (Å²) in [6, 6.07) is 0. The molecular formula is C4H9N3O. The molecule has 0 aromatic rings. The van der Waals surface area contributed by atoms with Crippen molar-refractivity contribution in [3.8, 4) is 0 Å². The predicted molar refractivity (Wildman–Crippen MR) is 29.5 cm³/mol. The molecule has 0 fully saturated rings. The van der Waals surface area contributed by atoms with E-state index in [2.05, 4.69) is 0 Å². The van der Waals surface area contributed by atoms with Gasteiger partial charge in [-0.1, -0.05) is 0 Å². The Hall–Kier alpha value is -0.870.